The second-order valence-corrected chi connectivity index (χ2v) is 6.34. The van der Waals surface area contributed by atoms with E-state index in [9.17, 15) is 4.79 Å². The summed E-state index contributed by atoms with van der Waals surface area (Å²) >= 11 is 3.51. The van der Waals surface area contributed by atoms with Crippen LogP contribution in [0, 0.1) is 6.92 Å². The van der Waals surface area contributed by atoms with Gasteiger partial charge in [0.15, 0.2) is 0 Å². The molecule has 2 aromatic rings. The van der Waals surface area contributed by atoms with Crippen molar-refractivity contribution in [2.24, 2.45) is 0 Å². The number of anilines is 2. The third-order valence-electron chi connectivity index (χ3n) is 3.53. The van der Waals surface area contributed by atoms with Crippen LogP contribution in [0.15, 0.2) is 41.0 Å². The lowest BCUT2D eigenvalue weighted by atomic mass is 10.2. The number of hydrogen-bond donors (Lipinski definition) is 2. The predicted octanol–water partition coefficient (Wildman–Crippen LogP) is 4.82. The van der Waals surface area contributed by atoms with Gasteiger partial charge in [0.1, 0.15) is 5.82 Å². The molecule has 0 spiro atoms. The molecule has 0 bridgehead atoms. The predicted molar refractivity (Wildman–Crippen MR) is 98.3 cm³/mol. The highest BCUT2D eigenvalue weighted by atomic mass is 79.9. The Hall–Kier alpha value is -1.88. The molecule has 1 amide bonds. The van der Waals surface area contributed by atoms with Crippen LogP contribution in [0.25, 0.3) is 0 Å². The van der Waals surface area contributed by atoms with Crippen LogP contribution in [0.2, 0.25) is 0 Å². The Morgan fingerprint density at radius 2 is 2.04 bits per heavy atom. The zero-order valence-corrected chi connectivity index (χ0v) is 15.1. The highest BCUT2D eigenvalue weighted by Gasteiger charge is 2.07. The number of carbonyl (C=O) groups is 1. The minimum absolute atomic E-state index is 0.0587. The van der Waals surface area contributed by atoms with Crippen molar-refractivity contribution >= 4 is 33.3 Å². The van der Waals surface area contributed by atoms with Crippen molar-refractivity contribution < 1.29 is 4.79 Å². The van der Waals surface area contributed by atoms with Crippen molar-refractivity contribution in [2.45, 2.75) is 33.1 Å². The molecule has 1 heterocycles. The standard InChI is InChI=1S/C18H22BrN3O/c1-3-4-5-9-21-18(23)14-8-10-20-17(11-14)22-15-7-6-13(2)16(19)12-15/h6-8,10-12H,3-5,9H2,1-2H3,(H,20,22)(H,21,23). The summed E-state index contributed by atoms with van der Waals surface area (Å²) in [6.07, 6.45) is 4.93. The number of hydrogen-bond acceptors (Lipinski definition) is 3. The van der Waals surface area contributed by atoms with E-state index >= 15 is 0 Å². The van der Waals surface area contributed by atoms with Crippen molar-refractivity contribution in [3.05, 3.63) is 52.1 Å². The molecule has 0 aliphatic heterocycles. The molecule has 23 heavy (non-hydrogen) atoms. The maximum Gasteiger partial charge on any atom is 0.251 e. The van der Waals surface area contributed by atoms with Crippen LogP contribution in [-0.4, -0.2) is 17.4 Å². The molecule has 0 aliphatic rings. The number of nitrogens with one attached hydrogen (secondary N) is 2. The molecule has 0 radical (unpaired) electrons. The molecule has 0 fully saturated rings. The van der Waals surface area contributed by atoms with Crippen LogP contribution >= 0.6 is 15.9 Å². The summed E-state index contributed by atoms with van der Waals surface area (Å²) in [5, 5.41) is 6.16. The summed E-state index contributed by atoms with van der Waals surface area (Å²) in [5.74, 6) is 0.596. The van der Waals surface area contributed by atoms with E-state index in [0.29, 0.717) is 17.9 Å². The molecule has 1 aromatic carbocycles. The number of rotatable bonds is 7. The third-order valence-corrected chi connectivity index (χ3v) is 4.39. The first kappa shape index (κ1) is 17.5. The van der Waals surface area contributed by atoms with Crippen molar-refractivity contribution in [1.82, 2.24) is 10.3 Å². The lowest BCUT2D eigenvalue weighted by Crippen LogP contribution is -2.24. The molecule has 0 saturated heterocycles. The summed E-state index contributed by atoms with van der Waals surface area (Å²) in [5.41, 5.74) is 2.71. The maximum atomic E-state index is 12.1. The number of carbonyl (C=O) groups excluding carboxylic acids is 1. The van der Waals surface area contributed by atoms with E-state index in [2.05, 4.69) is 38.5 Å². The molecular weight excluding hydrogens is 354 g/mol. The zero-order chi connectivity index (χ0) is 16.7. The molecular formula is C18H22BrN3O. The highest BCUT2D eigenvalue weighted by Crippen LogP contribution is 2.23. The fourth-order valence-electron chi connectivity index (χ4n) is 2.14. The fourth-order valence-corrected chi connectivity index (χ4v) is 2.52. The lowest BCUT2D eigenvalue weighted by molar-refractivity contribution is 0.0953. The Morgan fingerprint density at radius 1 is 1.22 bits per heavy atom. The SMILES string of the molecule is CCCCCNC(=O)c1ccnc(Nc2ccc(C)c(Br)c2)c1. The van der Waals surface area contributed by atoms with E-state index in [-0.39, 0.29) is 5.91 Å². The third kappa shape index (κ3) is 5.36. The normalized spacial score (nSPS) is 10.4. The number of halogens is 1. The average molecular weight is 376 g/mol. The summed E-state index contributed by atoms with van der Waals surface area (Å²) in [4.78, 5) is 16.4. The number of aromatic nitrogens is 1. The first-order valence-electron chi connectivity index (χ1n) is 7.87. The van der Waals surface area contributed by atoms with Gasteiger partial charge in [0.2, 0.25) is 0 Å². The molecule has 2 N–H and O–H groups in total. The van der Waals surface area contributed by atoms with Gasteiger partial charge in [-0.1, -0.05) is 41.8 Å². The minimum atomic E-state index is -0.0587. The molecule has 4 nitrogen and oxygen atoms in total. The van der Waals surface area contributed by atoms with Crippen LogP contribution in [0.1, 0.15) is 42.1 Å². The fraction of sp³-hybridized carbons (Fsp3) is 0.333. The number of aryl methyl sites for hydroxylation is 1. The number of unbranched alkanes of at least 4 members (excludes halogenated alkanes) is 2. The number of benzene rings is 1. The molecule has 0 saturated carbocycles. The Morgan fingerprint density at radius 3 is 2.78 bits per heavy atom. The van der Waals surface area contributed by atoms with Gasteiger partial charge in [-0.3, -0.25) is 4.79 Å². The van der Waals surface area contributed by atoms with Gasteiger partial charge < -0.3 is 10.6 Å². The average Bonchev–Trinajstić information content (AvgIpc) is 2.55. The largest absolute Gasteiger partial charge is 0.352 e. The van der Waals surface area contributed by atoms with E-state index in [1.54, 1.807) is 18.3 Å². The van der Waals surface area contributed by atoms with Gasteiger partial charge in [0.25, 0.3) is 5.91 Å². The summed E-state index contributed by atoms with van der Waals surface area (Å²) < 4.78 is 1.03. The van der Waals surface area contributed by atoms with Gasteiger partial charge >= 0.3 is 0 Å². The van der Waals surface area contributed by atoms with Gasteiger partial charge in [0.05, 0.1) is 0 Å². The molecule has 1 aromatic heterocycles. The van der Waals surface area contributed by atoms with E-state index in [1.807, 2.05) is 25.1 Å². The van der Waals surface area contributed by atoms with Gasteiger partial charge in [-0.25, -0.2) is 4.98 Å². The molecule has 0 atom stereocenters. The van der Waals surface area contributed by atoms with E-state index in [4.69, 9.17) is 0 Å². The second-order valence-electron chi connectivity index (χ2n) is 5.48. The molecule has 0 unspecified atom stereocenters. The molecule has 2 rings (SSSR count). The first-order valence-corrected chi connectivity index (χ1v) is 8.67. The van der Waals surface area contributed by atoms with Crippen LogP contribution < -0.4 is 10.6 Å². The smallest absolute Gasteiger partial charge is 0.251 e. The molecule has 5 heteroatoms. The Kier molecular flexibility index (Phi) is 6.59. The quantitative estimate of drug-likeness (QED) is 0.682. The van der Waals surface area contributed by atoms with E-state index < -0.39 is 0 Å². The van der Waals surface area contributed by atoms with E-state index in [1.165, 1.54) is 5.56 Å². The van der Waals surface area contributed by atoms with Crippen LogP contribution in [-0.2, 0) is 0 Å². The van der Waals surface area contributed by atoms with Crippen LogP contribution in [0.4, 0.5) is 11.5 Å². The summed E-state index contributed by atoms with van der Waals surface area (Å²) in [7, 11) is 0. The highest BCUT2D eigenvalue weighted by molar-refractivity contribution is 9.10. The second kappa shape index (κ2) is 8.67. The Bertz CT molecular complexity index is 673. The monoisotopic (exact) mass is 375 g/mol. The lowest BCUT2D eigenvalue weighted by Gasteiger charge is -2.09. The van der Waals surface area contributed by atoms with Gasteiger partial charge in [-0.2, -0.15) is 0 Å². The maximum absolute atomic E-state index is 12.1. The topological polar surface area (TPSA) is 54.0 Å². The number of amides is 1. The zero-order valence-electron chi connectivity index (χ0n) is 13.5. The van der Waals surface area contributed by atoms with Crippen LogP contribution in [0.5, 0.6) is 0 Å². The Balaban J connectivity index is 2.01. The van der Waals surface area contributed by atoms with Gasteiger partial charge in [0, 0.05) is 28.5 Å². The van der Waals surface area contributed by atoms with E-state index in [0.717, 1.165) is 29.4 Å². The number of pyridine rings is 1. The van der Waals surface area contributed by atoms with Crippen molar-refractivity contribution in [1.29, 1.82) is 0 Å². The summed E-state index contributed by atoms with van der Waals surface area (Å²) in [6.45, 7) is 4.89. The van der Waals surface area contributed by atoms with Crippen molar-refractivity contribution in [3.8, 4) is 0 Å². The van der Waals surface area contributed by atoms with Crippen molar-refractivity contribution in [2.75, 3.05) is 11.9 Å². The van der Waals surface area contributed by atoms with Crippen molar-refractivity contribution in [3.63, 3.8) is 0 Å². The minimum Gasteiger partial charge on any atom is -0.352 e. The van der Waals surface area contributed by atoms with Crippen LogP contribution in [0.3, 0.4) is 0 Å². The van der Waals surface area contributed by atoms with Gasteiger partial charge in [-0.15, -0.1) is 0 Å². The molecule has 122 valence electrons. The number of nitrogens with zero attached hydrogens (tertiary/aromatic N) is 1. The molecule has 0 aliphatic carbocycles. The summed E-state index contributed by atoms with van der Waals surface area (Å²) in [6, 6.07) is 9.50. The van der Waals surface area contributed by atoms with Gasteiger partial charge in [-0.05, 0) is 43.2 Å². The first-order chi connectivity index (χ1) is 11.1. The Labute approximate surface area is 145 Å².